The van der Waals surface area contributed by atoms with Gasteiger partial charge in [-0.1, -0.05) is 38.1 Å². The first-order chi connectivity index (χ1) is 19.9. The Kier molecular flexibility index (Phi) is 6.97. The Morgan fingerprint density at radius 2 is 1.95 bits per heavy atom. The molecule has 0 aromatic heterocycles. The molecule has 224 valence electrons. The van der Waals surface area contributed by atoms with Gasteiger partial charge in [-0.2, -0.15) is 13.2 Å². The molecule has 2 aromatic rings. The van der Waals surface area contributed by atoms with Crippen LogP contribution in [0.1, 0.15) is 55.4 Å². The number of halogens is 3. The second-order valence-electron chi connectivity index (χ2n) is 12.6. The second-order valence-corrected chi connectivity index (χ2v) is 12.6. The third-order valence-electron chi connectivity index (χ3n) is 9.81. The molecule has 1 saturated carbocycles. The van der Waals surface area contributed by atoms with Crippen LogP contribution in [0.25, 0.3) is 6.08 Å². The van der Waals surface area contributed by atoms with Crippen LogP contribution in [0.15, 0.2) is 55.1 Å². The van der Waals surface area contributed by atoms with Crippen LogP contribution in [0.3, 0.4) is 0 Å². The number of likely N-dealkylation sites (tertiary alicyclic amines) is 1. The number of carbonyl (C=O) groups excluding carboxylic acids is 1. The molecule has 2 heterocycles. The molecule has 2 bridgehead atoms. The molecule has 9 heteroatoms. The van der Waals surface area contributed by atoms with E-state index in [1.807, 2.05) is 26.0 Å². The van der Waals surface area contributed by atoms with Gasteiger partial charge < -0.3 is 19.8 Å². The molecule has 2 aliphatic heterocycles. The zero-order valence-corrected chi connectivity index (χ0v) is 23.9. The van der Waals surface area contributed by atoms with Gasteiger partial charge in [0.15, 0.2) is 11.5 Å². The predicted octanol–water partition coefficient (Wildman–Crippen LogP) is 5.32. The highest BCUT2D eigenvalue weighted by molar-refractivity contribution is 5.92. The lowest BCUT2D eigenvalue weighted by molar-refractivity contribution is -0.199. The summed E-state index contributed by atoms with van der Waals surface area (Å²) in [5.41, 5.74) is -0.214. The summed E-state index contributed by atoms with van der Waals surface area (Å²) in [5.74, 6) is 0.314. The maximum atomic E-state index is 13.8. The Bertz CT molecular complexity index is 1420. The van der Waals surface area contributed by atoms with Gasteiger partial charge in [0.2, 0.25) is 5.91 Å². The van der Waals surface area contributed by atoms with E-state index in [0.29, 0.717) is 50.1 Å². The number of benzene rings is 2. The van der Waals surface area contributed by atoms with Crippen molar-refractivity contribution in [2.45, 2.75) is 74.9 Å². The first-order valence-corrected chi connectivity index (χ1v) is 14.7. The minimum Gasteiger partial charge on any atom is -0.504 e. The van der Waals surface area contributed by atoms with Crippen molar-refractivity contribution in [3.05, 3.63) is 77.4 Å². The smallest absolute Gasteiger partial charge is 0.416 e. The van der Waals surface area contributed by atoms with E-state index in [1.165, 1.54) is 24.3 Å². The summed E-state index contributed by atoms with van der Waals surface area (Å²) >= 11 is 0. The lowest BCUT2D eigenvalue weighted by atomic mass is 9.48. The Labute approximate surface area is 244 Å². The molecule has 2 fully saturated rings. The van der Waals surface area contributed by atoms with Crippen molar-refractivity contribution in [1.29, 1.82) is 0 Å². The number of aliphatic hydroxyl groups is 1. The van der Waals surface area contributed by atoms with Crippen LogP contribution in [-0.2, 0) is 22.8 Å². The average Bonchev–Trinajstić information content (AvgIpc) is 3.29. The van der Waals surface area contributed by atoms with Crippen LogP contribution in [0.4, 0.5) is 13.2 Å². The van der Waals surface area contributed by atoms with Crippen molar-refractivity contribution >= 4 is 12.0 Å². The number of alkyl halides is 3. The fraction of sp³-hybridized carbons (Fsp3) is 0.485. The molecule has 1 amide bonds. The quantitative estimate of drug-likeness (QED) is 0.342. The molecule has 42 heavy (non-hydrogen) atoms. The molecule has 4 aliphatic rings. The number of phenols is 1. The van der Waals surface area contributed by atoms with Crippen molar-refractivity contribution in [2.75, 3.05) is 19.6 Å². The molecule has 6 rings (SSSR count). The first-order valence-electron chi connectivity index (χ1n) is 14.7. The van der Waals surface area contributed by atoms with Gasteiger partial charge in [-0.15, -0.1) is 6.58 Å². The van der Waals surface area contributed by atoms with Crippen LogP contribution in [0.5, 0.6) is 11.5 Å². The summed E-state index contributed by atoms with van der Waals surface area (Å²) in [7, 11) is 0. The molecule has 0 radical (unpaired) electrons. The zero-order chi connectivity index (χ0) is 30.0. The number of amides is 1. The molecule has 2 aromatic carbocycles. The van der Waals surface area contributed by atoms with Gasteiger partial charge in [0.05, 0.1) is 22.6 Å². The van der Waals surface area contributed by atoms with Gasteiger partial charge in [-0.05, 0) is 73.5 Å². The summed E-state index contributed by atoms with van der Waals surface area (Å²) < 4.78 is 45.6. The molecule has 1 spiro atoms. The molecule has 6 nitrogen and oxygen atoms in total. The second kappa shape index (κ2) is 10.2. The number of nitrogens with zero attached hydrogens (tertiary/aromatic N) is 2. The van der Waals surface area contributed by atoms with Gasteiger partial charge >= 0.3 is 6.18 Å². The Hall–Kier alpha value is -3.30. The Balaban J connectivity index is 1.37. The van der Waals surface area contributed by atoms with Gasteiger partial charge in [-0.25, -0.2) is 0 Å². The van der Waals surface area contributed by atoms with E-state index in [0.717, 1.165) is 29.8 Å². The van der Waals surface area contributed by atoms with Crippen LogP contribution in [0.2, 0.25) is 0 Å². The van der Waals surface area contributed by atoms with E-state index in [9.17, 15) is 28.2 Å². The highest BCUT2D eigenvalue weighted by Gasteiger charge is 2.73. The summed E-state index contributed by atoms with van der Waals surface area (Å²) in [4.78, 5) is 17.9. The number of hydrogen-bond donors (Lipinski definition) is 2. The fourth-order valence-electron chi connectivity index (χ4n) is 8.14. The van der Waals surface area contributed by atoms with E-state index in [4.69, 9.17) is 4.74 Å². The topological polar surface area (TPSA) is 73.2 Å². The van der Waals surface area contributed by atoms with E-state index in [1.54, 1.807) is 11.0 Å². The largest absolute Gasteiger partial charge is 0.504 e. The van der Waals surface area contributed by atoms with Gasteiger partial charge in [0, 0.05) is 30.8 Å². The normalized spacial score (nSPS) is 29.8. The standard InChI is InChI=1S/C33H37F3N2O4/c1-4-16-37-17-15-31-28-22-8-11-25(39)29(28)42-30(31)24(13-14-32(31,41)26(37)18-22)38(19-20(2)3)27(40)12-7-21-5-9-23(10-6-21)33(34,35)36/h4-12,20,24,26,30,39,41H,1,13-19H2,2-3H3/b12-7+/t24?,26-,30?,31+,32-/m1/s1. The predicted molar refractivity (Wildman–Crippen MR) is 153 cm³/mol. The van der Waals surface area contributed by atoms with Crippen LogP contribution >= 0.6 is 0 Å². The minimum absolute atomic E-state index is 0.0366. The molecular weight excluding hydrogens is 545 g/mol. The van der Waals surface area contributed by atoms with Crippen molar-refractivity contribution in [3.63, 3.8) is 0 Å². The summed E-state index contributed by atoms with van der Waals surface area (Å²) in [6, 6.07) is 7.76. The molecule has 2 N–H and O–H groups in total. The lowest BCUT2D eigenvalue weighted by Crippen LogP contribution is -2.78. The fourth-order valence-corrected chi connectivity index (χ4v) is 8.14. The van der Waals surface area contributed by atoms with E-state index in [2.05, 4.69) is 11.5 Å². The maximum Gasteiger partial charge on any atom is 0.416 e. The Morgan fingerprint density at radius 1 is 1.21 bits per heavy atom. The van der Waals surface area contributed by atoms with E-state index in [-0.39, 0.29) is 29.7 Å². The monoisotopic (exact) mass is 582 g/mol. The summed E-state index contributed by atoms with van der Waals surface area (Å²) in [6.45, 7) is 9.80. The zero-order valence-electron chi connectivity index (χ0n) is 23.9. The molecular formula is C33H37F3N2O4. The molecule has 2 aliphatic carbocycles. The van der Waals surface area contributed by atoms with Gasteiger partial charge in [0.25, 0.3) is 0 Å². The highest BCUT2D eigenvalue weighted by atomic mass is 19.4. The van der Waals surface area contributed by atoms with Crippen LogP contribution in [0, 0.1) is 5.92 Å². The lowest BCUT2D eigenvalue weighted by Gasteiger charge is -2.64. The highest BCUT2D eigenvalue weighted by Crippen LogP contribution is 2.65. The van der Waals surface area contributed by atoms with Crippen molar-refractivity contribution in [3.8, 4) is 11.5 Å². The minimum atomic E-state index is -4.43. The Morgan fingerprint density at radius 3 is 2.62 bits per heavy atom. The third-order valence-corrected chi connectivity index (χ3v) is 9.81. The van der Waals surface area contributed by atoms with E-state index >= 15 is 0 Å². The number of rotatable bonds is 7. The maximum absolute atomic E-state index is 13.8. The van der Waals surface area contributed by atoms with E-state index < -0.39 is 28.9 Å². The number of phenolic OH excluding ortho intramolecular Hbond substituents is 1. The number of hydrogen-bond acceptors (Lipinski definition) is 5. The molecule has 5 atom stereocenters. The average molecular weight is 583 g/mol. The third kappa shape index (κ3) is 4.27. The van der Waals surface area contributed by atoms with Crippen molar-refractivity contribution < 1.29 is 32.9 Å². The summed E-state index contributed by atoms with van der Waals surface area (Å²) in [6.07, 6.45) is 2.04. The molecule has 2 unspecified atom stereocenters. The van der Waals surface area contributed by atoms with Crippen LogP contribution in [-0.4, -0.2) is 69.3 Å². The van der Waals surface area contributed by atoms with Crippen molar-refractivity contribution in [2.24, 2.45) is 5.92 Å². The van der Waals surface area contributed by atoms with Crippen LogP contribution < -0.4 is 4.74 Å². The number of carbonyl (C=O) groups is 1. The van der Waals surface area contributed by atoms with Gasteiger partial charge in [0.1, 0.15) is 6.10 Å². The number of piperidine rings is 1. The summed E-state index contributed by atoms with van der Waals surface area (Å²) in [5, 5.41) is 23.5. The number of ether oxygens (including phenoxy) is 1. The van der Waals surface area contributed by atoms with Gasteiger partial charge in [-0.3, -0.25) is 9.69 Å². The SMILES string of the molecule is C=CCN1CC[C@]23c4c5ccc(O)c4OC2C(N(CC(C)C)C(=O)/C=C/c2ccc(C(F)(F)F)cc2)CC[C@@]3(O)[C@H]1C5. The van der Waals surface area contributed by atoms with Crippen molar-refractivity contribution in [1.82, 2.24) is 9.80 Å². The molecule has 1 saturated heterocycles. The number of aromatic hydroxyl groups is 1. The first kappa shape index (κ1) is 28.8.